The summed E-state index contributed by atoms with van der Waals surface area (Å²) in [6.07, 6.45) is 4.48. The lowest BCUT2D eigenvalue weighted by Crippen LogP contribution is -2.41. The van der Waals surface area contributed by atoms with Gasteiger partial charge in [0.05, 0.1) is 11.4 Å². The maximum Gasteiger partial charge on any atom is 0.264 e. The van der Waals surface area contributed by atoms with Crippen molar-refractivity contribution in [3.05, 3.63) is 72.3 Å². The van der Waals surface area contributed by atoms with Crippen LogP contribution >= 0.6 is 0 Å². The standard InChI is InChI=1S/C30H30FN7O2/c1-30(2,3)15-19(16-32)29(39)37-13-7-8-20(17-37)38-28-25(27(33)34-18-35-28)26(36-38)23-12-11-22(14-24(23)31)40-21-9-5-4-6-10-21/h4-6,9-12,14-15,18,20H,7-8,13,17H2,1-3H3,(H2,33,34,35)/b19-15-/t20-/m0/s1. The van der Waals surface area contributed by atoms with E-state index in [1.165, 1.54) is 12.4 Å². The van der Waals surface area contributed by atoms with Crippen molar-refractivity contribution in [1.29, 1.82) is 5.26 Å². The summed E-state index contributed by atoms with van der Waals surface area (Å²) in [5, 5.41) is 14.9. The number of nitrogens with zero attached hydrogens (tertiary/aromatic N) is 6. The van der Waals surface area contributed by atoms with E-state index in [0.29, 0.717) is 47.7 Å². The third-order valence-electron chi connectivity index (χ3n) is 6.65. The molecule has 0 spiro atoms. The lowest BCUT2D eigenvalue weighted by Gasteiger charge is -2.33. The molecule has 4 aromatic rings. The summed E-state index contributed by atoms with van der Waals surface area (Å²) in [6, 6.07) is 15.5. The van der Waals surface area contributed by atoms with Crippen molar-refractivity contribution in [2.45, 2.75) is 39.7 Å². The number of para-hydroxylation sites is 1. The molecular weight excluding hydrogens is 509 g/mol. The van der Waals surface area contributed by atoms with Gasteiger partial charge in [0, 0.05) is 24.7 Å². The van der Waals surface area contributed by atoms with Gasteiger partial charge in [-0.05, 0) is 42.5 Å². The SMILES string of the molecule is CC(C)(C)/C=C(/C#N)C(=O)N1CCC[C@H](n2nc(-c3ccc(Oc4ccccc4)cc3F)c3c(N)ncnc32)C1. The molecule has 9 nitrogen and oxygen atoms in total. The van der Waals surface area contributed by atoms with Gasteiger partial charge in [-0.2, -0.15) is 10.4 Å². The lowest BCUT2D eigenvalue weighted by molar-refractivity contribution is -0.128. The number of hydrogen-bond acceptors (Lipinski definition) is 7. The Morgan fingerprint density at radius 2 is 1.95 bits per heavy atom. The highest BCUT2D eigenvalue weighted by atomic mass is 19.1. The van der Waals surface area contributed by atoms with Crippen LogP contribution in [0, 0.1) is 22.6 Å². The van der Waals surface area contributed by atoms with Gasteiger partial charge in [-0.15, -0.1) is 0 Å². The number of anilines is 1. The van der Waals surface area contributed by atoms with Gasteiger partial charge in [-0.3, -0.25) is 4.79 Å². The number of aromatic nitrogens is 4. The maximum atomic E-state index is 15.5. The lowest BCUT2D eigenvalue weighted by atomic mass is 9.93. The van der Waals surface area contributed by atoms with Gasteiger partial charge >= 0.3 is 0 Å². The summed E-state index contributed by atoms with van der Waals surface area (Å²) in [6.45, 7) is 6.68. The van der Waals surface area contributed by atoms with E-state index in [1.807, 2.05) is 39.0 Å². The number of halogens is 1. The van der Waals surface area contributed by atoms with Gasteiger partial charge in [-0.25, -0.2) is 19.0 Å². The van der Waals surface area contributed by atoms with Crippen LogP contribution in [0.4, 0.5) is 10.2 Å². The smallest absolute Gasteiger partial charge is 0.264 e. The number of nitrogens with two attached hydrogens (primary N) is 1. The Kier molecular flexibility index (Phi) is 7.22. The largest absolute Gasteiger partial charge is 0.457 e. The number of rotatable bonds is 5. The fraction of sp³-hybridized carbons (Fsp3) is 0.300. The highest BCUT2D eigenvalue weighted by Gasteiger charge is 2.31. The second kappa shape index (κ2) is 10.8. The average molecular weight is 540 g/mol. The molecule has 0 bridgehead atoms. The van der Waals surface area contributed by atoms with Crippen molar-refractivity contribution in [3.63, 3.8) is 0 Å². The van der Waals surface area contributed by atoms with Crippen LogP contribution in [0.15, 0.2) is 66.5 Å². The van der Waals surface area contributed by atoms with Crippen LogP contribution in [-0.4, -0.2) is 43.6 Å². The van der Waals surface area contributed by atoms with Crippen LogP contribution < -0.4 is 10.5 Å². The second-order valence-electron chi connectivity index (χ2n) is 10.9. The van der Waals surface area contributed by atoms with Crippen molar-refractivity contribution < 1.29 is 13.9 Å². The predicted molar refractivity (Wildman–Crippen MR) is 150 cm³/mol. The summed E-state index contributed by atoms with van der Waals surface area (Å²) >= 11 is 0. The van der Waals surface area contributed by atoms with Crippen molar-refractivity contribution in [1.82, 2.24) is 24.6 Å². The van der Waals surface area contributed by atoms with Crippen LogP contribution in [0.5, 0.6) is 11.5 Å². The Balaban J connectivity index is 1.49. The first-order valence-corrected chi connectivity index (χ1v) is 13.1. The molecule has 10 heteroatoms. The van der Waals surface area contributed by atoms with Crippen LogP contribution in [-0.2, 0) is 4.79 Å². The third-order valence-corrected chi connectivity index (χ3v) is 6.65. The molecule has 1 amide bonds. The Labute approximate surface area is 231 Å². The first-order valence-electron chi connectivity index (χ1n) is 13.1. The fourth-order valence-corrected chi connectivity index (χ4v) is 4.90. The van der Waals surface area contributed by atoms with Gasteiger partial charge in [0.2, 0.25) is 0 Å². The normalized spacial score (nSPS) is 16.1. The molecule has 0 unspecified atom stereocenters. The monoisotopic (exact) mass is 539 g/mol. The number of carbonyl (C=O) groups is 1. The molecule has 0 saturated carbocycles. The number of hydrogen-bond donors (Lipinski definition) is 1. The molecule has 5 rings (SSSR count). The number of amides is 1. The molecular formula is C30H30FN7O2. The summed E-state index contributed by atoms with van der Waals surface area (Å²) in [7, 11) is 0. The minimum absolute atomic E-state index is 0.116. The molecule has 1 aliphatic heterocycles. The molecule has 3 heterocycles. The van der Waals surface area contributed by atoms with Crippen molar-refractivity contribution in [2.75, 3.05) is 18.8 Å². The number of piperidine rings is 1. The number of allylic oxidation sites excluding steroid dienone is 1. The minimum atomic E-state index is -0.533. The maximum absolute atomic E-state index is 15.5. The van der Waals surface area contributed by atoms with E-state index in [0.717, 1.165) is 6.42 Å². The summed E-state index contributed by atoms with van der Waals surface area (Å²) in [5.41, 5.74) is 7.05. The second-order valence-corrected chi connectivity index (χ2v) is 10.9. The third kappa shape index (κ3) is 5.50. The molecule has 204 valence electrons. The zero-order chi connectivity index (χ0) is 28.4. The molecule has 1 aliphatic rings. The molecule has 0 radical (unpaired) electrons. The Hall–Kier alpha value is -4.78. The molecule has 1 atom stereocenters. The van der Waals surface area contributed by atoms with Crippen LogP contribution in [0.3, 0.4) is 0 Å². The van der Waals surface area contributed by atoms with E-state index in [1.54, 1.807) is 39.9 Å². The first-order chi connectivity index (χ1) is 19.1. The summed E-state index contributed by atoms with van der Waals surface area (Å²) in [5.74, 6) is 0.273. The van der Waals surface area contributed by atoms with Gasteiger partial charge in [0.25, 0.3) is 5.91 Å². The van der Waals surface area contributed by atoms with Crippen LogP contribution in [0.2, 0.25) is 0 Å². The molecule has 2 aromatic heterocycles. The summed E-state index contributed by atoms with van der Waals surface area (Å²) < 4.78 is 23.0. The fourth-order valence-electron chi connectivity index (χ4n) is 4.90. The Morgan fingerprint density at radius 1 is 1.18 bits per heavy atom. The molecule has 40 heavy (non-hydrogen) atoms. The van der Waals surface area contributed by atoms with Gasteiger partial charge in [-0.1, -0.05) is 45.0 Å². The quantitative estimate of drug-likeness (QED) is 0.256. The van der Waals surface area contributed by atoms with E-state index in [4.69, 9.17) is 15.6 Å². The highest BCUT2D eigenvalue weighted by Crippen LogP contribution is 2.36. The topological polar surface area (TPSA) is 123 Å². The molecule has 2 aromatic carbocycles. The van der Waals surface area contributed by atoms with Crippen LogP contribution in [0.1, 0.15) is 39.7 Å². The van der Waals surface area contributed by atoms with E-state index in [-0.39, 0.29) is 34.3 Å². The van der Waals surface area contributed by atoms with E-state index < -0.39 is 5.82 Å². The number of carbonyl (C=O) groups excluding carboxylic acids is 1. The molecule has 1 fully saturated rings. The van der Waals surface area contributed by atoms with Crippen molar-refractivity contribution >= 4 is 22.8 Å². The number of nitrogen functional groups attached to an aromatic ring is 1. The number of fused-ring (bicyclic) bond motifs is 1. The van der Waals surface area contributed by atoms with Gasteiger partial charge in [0.1, 0.15) is 46.8 Å². The number of nitriles is 1. The highest BCUT2D eigenvalue weighted by molar-refractivity contribution is 5.99. The van der Waals surface area contributed by atoms with Crippen LogP contribution in [0.25, 0.3) is 22.3 Å². The van der Waals surface area contributed by atoms with Gasteiger partial charge in [0.15, 0.2) is 5.65 Å². The van der Waals surface area contributed by atoms with E-state index >= 15 is 4.39 Å². The zero-order valence-electron chi connectivity index (χ0n) is 22.6. The molecule has 0 aliphatic carbocycles. The Morgan fingerprint density at radius 3 is 2.65 bits per heavy atom. The molecule has 1 saturated heterocycles. The Bertz CT molecular complexity index is 1630. The number of ether oxygens (including phenoxy) is 1. The van der Waals surface area contributed by atoms with Crippen molar-refractivity contribution in [2.24, 2.45) is 5.41 Å². The van der Waals surface area contributed by atoms with E-state index in [9.17, 15) is 10.1 Å². The average Bonchev–Trinajstić information content (AvgIpc) is 3.32. The first kappa shape index (κ1) is 26.8. The summed E-state index contributed by atoms with van der Waals surface area (Å²) in [4.78, 5) is 23.5. The van der Waals surface area contributed by atoms with E-state index in [2.05, 4.69) is 16.0 Å². The minimum Gasteiger partial charge on any atom is -0.457 e. The van der Waals surface area contributed by atoms with Crippen molar-refractivity contribution in [3.8, 4) is 28.8 Å². The zero-order valence-corrected chi connectivity index (χ0v) is 22.6. The predicted octanol–water partition coefficient (Wildman–Crippen LogP) is 5.67. The molecule has 2 N–H and O–H groups in total. The number of benzene rings is 2. The van der Waals surface area contributed by atoms with Gasteiger partial charge < -0.3 is 15.4 Å². The number of likely N-dealkylation sites (tertiary alicyclic amines) is 1.